The summed E-state index contributed by atoms with van der Waals surface area (Å²) in [4.78, 5) is 39.7. The molecule has 1 aromatic rings. The third-order valence-electron chi connectivity index (χ3n) is 12.6. The van der Waals surface area contributed by atoms with Gasteiger partial charge in [-0.2, -0.15) is 0 Å². The van der Waals surface area contributed by atoms with Crippen molar-refractivity contribution in [1.29, 1.82) is 0 Å². The number of ether oxygens (including phenoxy) is 6. The fourth-order valence-corrected chi connectivity index (χ4v) is 10.5. The van der Waals surface area contributed by atoms with Crippen molar-refractivity contribution in [3.63, 3.8) is 0 Å². The molecule has 47 heavy (non-hydrogen) atoms. The van der Waals surface area contributed by atoms with Gasteiger partial charge < -0.3 is 33.5 Å². The van der Waals surface area contributed by atoms with Gasteiger partial charge in [0, 0.05) is 59.7 Å². The van der Waals surface area contributed by atoms with Crippen LogP contribution in [-0.2, 0) is 42.8 Å². The van der Waals surface area contributed by atoms with Crippen molar-refractivity contribution in [2.24, 2.45) is 34.0 Å². The van der Waals surface area contributed by atoms with Crippen molar-refractivity contribution in [2.45, 2.75) is 83.8 Å². The first-order chi connectivity index (χ1) is 22.4. The van der Waals surface area contributed by atoms with E-state index in [4.69, 9.17) is 28.4 Å². The van der Waals surface area contributed by atoms with E-state index in [9.17, 15) is 19.5 Å². The maximum atomic E-state index is 13.5. The first-order valence-corrected chi connectivity index (χ1v) is 16.5. The molecule has 3 aliphatic carbocycles. The van der Waals surface area contributed by atoms with Gasteiger partial charge in [0.1, 0.15) is 6.10 Å². The molecule has 0 bridgehead atoms. The van der Waals surface area contributed by atoms with Crippen LogP contribution in [0.4, 0.5) is 0 Å². The molecule has 12 unspecified atom stereocenters. The lowest BCUT2D eigenvalue weighted by Gasteiger charge is -2.65. The lowest BCUT2D eigenvalue weighted by Crippen LogP contribution is -2.70. The fourth-order valence-electron chi connectivity index (χ4n) is 10.5. The number of esters is 3. The number of fused-ring (bicyclic) bond motifs is 4. The Labute approximate surface area is 275 Å². The molecule has 0 amide bonds. The molecule has 0 spiro atoms. The highest BCUT2D eigenvalue weighted by molar-refractivity contribution is 5.92. The summed E-state index contributed by atoms with van der Waals surface area (Å²) in [5.41, 5.74) is 1.25. The van der Waals surface area contributed by atoms with Crippen LogP contribution in [0.1, 0.15) is 52.5 Å². The van der Waals surface area contributed by atoms with Crippen LogP contribution < -0.4 is 0 Å². The Morgan fingerprint density at radius 2 is 1.85 bits per heavy atom. The molecule has 3 aliphatic heterocycles. The van der Waals surface area contributed by atoms with Crippen LogP contribution in [-0.4, -0.2) is 80.7 Å². The van der Waals surface area contributed by atoms with E-state index in [2.05, 4.69) is 13.8 Å². The van der Waals surface area contributed by atoms with Crippen LogP contribution in [0.5, 0.6) is 0 Å². The average molecular weight is 649 g/mol. The lowest BCUT2D eigenvalue weighted by atomic mass is 9.40. The Hall–Kier alpha value is -3.31. The van der Waals surface area contributed by atoms with Crippen molar-refractivity contribution < 1.29 is 47.9 Å². The van der Waals surface area contributed by atoms with E-state index in [1.807, 2.05) is 44.2 Å². The fraction of sp³-hybridized carbons (Fsp3) is 0.595. The Morgan fingerprint density at radius 1 is 1.11 bits per heavy atom. The molecule has 10 nitrogen and oxygen atoms in total. The van der Waals surface area contributed by atoms with E-state index >= 15 is 0 Å². The number of benzene rings is 1. The van der Waals surface area contributed by atoms with Crippen LogP contribution in [0.3, 0.4) is 0 Å². The Kier molecular flexibility index (Phi) is 7.82. The number of carbonyl (C=O) groups is 3. The monoisotopic (exact) mass is 648 g/mol. The number of aliphatic hydroxyl groups is 1. The van der Waals surface area contributed by atoms with E-state index < -0.39 is 64.8 Å². The standard InChI is InChI=1S/C37H44O10/c1-19-21(22-15-29(43-6)47-34(22)41)14-23-30(19)37(4)24(16-28(40)42-5)36(3)26(46-27(39)13-12-20-10-8-7-9-11-20)17-25(38)35(2)18-44-31(32(35)36)33(37)45-23/h7-13,15,21,23-26,29,31-33,38H,14,16-18H2,1-6H3. The van der Waals surface area contributed by atoms with E-state index in [1.165, 1.54) is 20.3 Å². The summed E-state index contributed by atoms with van der Waals surface area (Å²) in [6.45, 7) is 8.60. The highest BCUT2D eigenvalue weighted by Gasteiger charge is 2.78. The predicted octanol–water partition coefficient (Wildman–Crippen LogP) is 4.16. The molecule has 6 aliphatic rings. The maximum Gasteiger partial charge on any atom is 0.337 e. The molecule has 252 valence electrons. The van der Waals surface area contributed by atoms with Crippen LogP contribution in [0.25, 0.3) is 6.08 Å². The molecule has 10 heteroatoms. The van der Waals surface area contributed by atoms with Crippen LogP contribution >= 0.6 is 0 Å². The predicted molar refractivity (Wildman–Crippen MR) is 168 cm³/mol. The van der Waals surface area contributed by atoms with Crippen molar-refractivity contribution in [3.05, 3.63) is 64.8 Å². The van der Waals surface area contributed by atoms with Gasteiger partial charge in [0.25, 0.3) is 0 Å². The number of allylic oxidation sites excluding steroid dienone is 1. The summed E-state index contributed by atoms with van der Waals surface area (Å²) in [6, 6.07) is 9.49. The Bertz CT molecular complexity index is 1560. The molecule has 3 heterocycles. The van der Waals surface area contributed by atoms with Crippen LogP contribution in [0.2, 0.25) is 0 Å². The second kappa shape index (κ2) is 11.4. The third kappa shape index (κ3) is 4.62. The first-order valence-electron chi connectivity index (χ1n) is 16.5. The average Bonchev–Trinajstić information content (AvgIpc) is 3.78. The summed E-state index contributed by atoms with van der Waals surface area (Å²) >= 11 is 0. The van der Waals surface area contributed by atoms with Crippen molar-refractivity contribution in [2.75, 3.05) is 20.8 Å². The molecule has 1 aromatic carbocycles. The topological polar surface area (TPSA) is 127 Å². The Balaban J connectivity index is 1.33. The summed E-state index contributed by atoms with van der Waals surface area (Å²) in [5.74, 6) is -2.24. The highest BCUT2D eigenvalue weighted by atomic mass is 16.7. The maximum absolute atomic E-state index is 13.5. The minimum atomic E-state index is -0.818. The molecule has 0 radical (unpaired) electrons. The zero-order chi connectivity index (χ0) is 33.5. The summed E-state index contributed by atoms with van der Waals surface area (Å²) in [6.07, 6.45) is 2.23. The quantitative estimate of drug-likeness (QED) is 0.199. The van der Waals surface area contributed by atoms with Crippen LogP contribution in [0.15, 0.2) is 59.2 Å². The molecule has 2 saturated carbocycles. The lowest BCUT2D eigenvalue weighted by molar-refractivity contribution is -0.248. The molecule has 7 rings (SSSR count). The molecule has 1 N–H and O–H groups in total. The zero-order valence-corrected chi connectivity index (χ0v) is 27.8. The van der Waals surface area contributed by atoms with Gasteiger partial charge in [0.2, 0.25) is 6.29 Å². The first kappa shape index (κ1) is 32.2. The van der Waals surface area contributed by atoms with Crippen molar-refractivity contribution in [3.8, 4) is 0 Å². The van der Waals surface area contributed by atoms with E-state index in [0.29, 0.717) is 18.6 Å². The van der Waals surface area contributed by atoms with Gasteiger partial charge in [0.15, 0.2) is 0 Å². The molecule has 0 aromatic heterocycles. The number of methoxy groups -OCH3 is 2. The van der Waals surface area contributed by atoms with Gasteiger partial charge in [0.05, 0.1) is 38.1 Å². The minimum Gasteiger partial charge on any atom is -0.469 e. The second-order valence-electron chi connectivity index (χ2n) is 14.7. The normalized spacial score (nSPS) is 43.3. The van der Waals surface area contributed by atoms with Crippen molar-refractivity contribution >= 4 is 24.0 Å². The number of rotatable bonds is 7. The zero-order valence-electron chi connectivity index (χ0n) is 27.8. The van der Waals surface area contributed by atoms with Gasteiger partial charge in [-0.25, -0.2) is 9.59 Å². The molecular weight excluding hydrogens is 604 g/mol. The summed E-state index contributed by atoms with van der Waals surface area (Å²) < 4.78 is 35.9. The van der Waals surface area contributed by atoms with E-state index in [1.54, 1.807) is 12.2 Å². The number of hydrogen-bond acceptors (Lipinski definition) is 10. The second-order valence-corrected chi connectivity index (χ2v) is 14.7. The SMILES string of the molecule is COC(=O)CC1C2(C)C3=C(C)C(C4=CC(OC)OC4=O)CC3OC2C2OCC3(C)C(O)CC(OC(=O)C=Cc4ccccc4)C1(C)C23. The van der Waals surface area contributed by atoms with Gasteiger partial charge in [-0.15, -0.1) is 0 Å². The summed E-state index contributed by atoms with van der Waals surface area (Å²) in [5, 5.41) is 11.7. The molecule has 12 atom stereocenters. The smallest absolute Gasteiger partial charge is 0.337 e. The van der Waals surface area contributed by atoms with Crippen molar-refractivity contribution in [1.82, 2.24) is 0 Å². The van der Waals surface area contributed by atoms with E-state index in [0.717, 1.165) is 16.7 Å². The Morgan fingerprint density at radius 3 is 2.53 bits per heavy atom. The minimum absolute atomic E-state index is 0.0529. The number of aliphatic hydroxyl groups excluding tert-OH is 1. The molecular formula is C37H44O10. The van der Waals surface area contributed by atoms with E-state index in [-0.39, 0.29) is 36.8 Å². The molecule has 4 fully saturated rings. The molecule has 2 saturated heterocycles. The van der Waals surface area contributed by atoms with Gasteiger partial charge >= 0.3 is 17.9 Å². The number of carbonyl (C=O) groups excluding carboxylic acids is 3. The number of cyclic esters (lactones) is 1. The van der Waals surface area contributed by atoms with Crippen LogP contribution in [0, 0.1) is 34.0 Å². The largest absolute Gasteiger partial charge is 0.469 e. The van der Waals surface area contributed by atoms with Gasteiger partial charge in [-0.3, -0.25) is 4.79 Å². The van der Waals surface area contributed by atoms with Gasteiger partial charge in [-0.1, -0.05) is 56.7 Å². The number of hydrogen-bond donors (Lipinski definition) is 1. The third-order valence-corrected chi connectivity index (χ3v) is 12.6. The van der Waals surface area contributed by atoms with Gasteiger partial charge in [-0.05, 0) is 42.6 Å². The highest BCUT2D eigenvalue weighted by Crippen LogP contribution is 2.73. The summed E-state index contributed by atoms with van der Waals surface area (Å²) in [7, 11) is 2.87.